The molecule has 0 fully saturated rings. The van der Waals surface area contributed by atoms with Crippen molar-refractivity contribution in [2.75, 3.05) is 18.5 Å². The molecule has 0 rings (SSSR count). The van der Waals surface area contributed by atoms with Crippen molar-refractivity contribution in [2.45, 2.75) is 6.18 Å². The van der Waals surface area contributed by atoms with Crippen LogP contribution in [0.25, 0.3) is 0 Å². The van der Waals surface area contributed by atoms with Crippen molar-refractivity contribution in [1.82, 2.24) is 0 Å². The first kappa shape index (κ1) is 10.9. The van der Waals surface area contributed by atoms with Crippen LogP contribution in [0, 0.1) is 0 Å². The second-order valence-corrected chi connectivity index (χ2v) is 2.34. The van der Waals surface area contributed by atoms with Gasteiger partial charge in [-0.05, 0) is 0 Å². The maximum atomic E-state index is 11.4. The molecule has 0 unspecified atom stereocenters. The van der Waals surface area contributed by atoms with Crippen LogP contribution in [0.15, 0.2) is 0 Å². The van der Waals surface area contributed by atoms with E-state index in [-0.39, 0.29) is 5.33 Å². The van der Waals surface area contributed by atoms with Crippen molar-refractivity contribution < 1.29 is 22.7 Å². The van der Waals surface area contributed by atoms with Gasteiger partial charge < -0.3 is 4.74 Å². The predicted molar refractivity (Wildman–Crippen MR) is 35.7 cm³/mol. The van der Waals surface area contributed by atoms with Crippen molar-refractivity contribution in [3.8, 4) is 0 Å². The average Bonchev–Trinajstić information content (AvgIpc) is 1.85. The van der Waals surface area contributed by atoms with E-state index in [4.69, 9.17) is 0 Å². The van der Waals surface area contributed by atoms with Gasteiger partial charge in [-0.1, -0.05) is 15.9 Å². The summed E-state index contributed by atoms with van der Waals surface area (Å²) >= 11 is 2.78. The topological polar surface area (TPSA) is 26.3 Å². The number of Topliss-reactive ketones (excluding diaryl/α,β-unsaturated/α-hetero) is 1. The highest BCUT2D eigenvalue weighted by molar-refractivity contribution is 9.09. The van der Waals surface area contributed by atoms with Crippen molar-refractivity contribution in [3.05, 3.63) is 0 Å². The third-order valence-corrected chi connectivity index (χ3v) is 1.30. The lowest BCUT2D eigenvalue weighted by molar-refractivity contribution is -0.174. The molecule has 0 aliphatic carbocycles. The van der Waals surface area contributed by atoms with Gasteiger partial charge in [-0.3, -0.25) is 4.79 Å². The molecule has 0 N–H and O–H groups in total. The van der Waals surface area contributed by atoms with E-state index in [1.165, 1.54) is 0 Å². The maximum Gasteiger partial charge on any atom is 0.411 e. The Morgan fingerprint density at radius 2 is 2.00 bits per heavy atom. The van der Waals surface area contributed by atoms with Crippen LogP contribution in [0.2, 0.25) is 0 Å². The van der Waals surface area contributed by atoms with E-state index in [0.29, 0.717) is 0 Å². The van der Waals surface area contributed by atoms with Gasteiger partial charge in [0.05, 0.1) is 5.33 Å². The molecule has 0 aliphatic rings. The highest BCUT2D eigenvalue weighted by Crippen LogP contribution is 2.14. The lowest BCUT2D eigenvalue weighted by Gasteiger charge is -2.05. The summed E-state index contributed by atoms with van der Waals surface area (Å²) in [5.41, 5.74) is 0. The van der Waals surface area contributed by atoms with Gasteiger partial charge >= 0.3 is 6.18 Å². The average molecular weight is 235 g/mol. The summed E-state index contributed by atoms with van der Waals surface area (Å²) in [6.07, 6.45) is -4.35. The molecule has 11 heavy (non-hydrogen) atoms. The minimum atomic E-state index is -4.35. The second-order valence-electron chi connectivity index (χ2n) is 1.78. The fourth-order valence-electron chi connectivity index (χ4n) is 0.319. The van der Waals surface area contributed by atoms with Crippen molar-refractivity contribution >= 4 is 21.7 Å². The van der Waals surface area contributed by atoms with Crippen LogP contribution in [0.4, 0.5) is 13.2 Å². The van der Waals surface area contributed by atoms with Crippen LogP contribution in [0.1, 0.15) is 0 Å². The van der Waals surface area contributed by atoms with Gasteiger partial charge in [-0.2, -0.15) is 13.2 Å². The summed E-state index contributed by atoms with van der Waals surface area (Å²) in [5.74, 6) is -0.408. The molecule has 0 heterocycles. The van der Waals surface area contributed by atoms with Crippen LogP contribution in [0.3, 0.4) is 0 Å². The molecular formula is C5H6BrF3O2. The predicted octanol–water partition coefficient (Wildman–Crippen LogP) is 1.53. The van der Waals surface area contributed by atoms with Crippen LogP contribution in [-0.2, 0) is 9.53 Å². The molecule has 0 saturated heterocycles. The summed E-state index contributed by atoms with van der Waals surface area (Å²) in [6.45, 7) is -1.86. The zero-order valence-electron chi connectivity index (χ0n) is 5.45. The molecular weight excluding hydrogens is 229 g/mol. The van der Waals surface area contributed by atoms with E-state index >= 15 is 0 Å². The number of carbonyl (C=O) groups is 1. The van der Waals surface area contributed by atoms with E-state index in [0.717, 1.165) is 0 Å². The van der Waals surface area contributed by atoms with E-state index in [2.05, 4.69) is 20.7 Å². The number of ketones is 1. The summed E-state index contributed by atoms with van der Waals surface area (Å²) in [6, 6.07) is 0. The molecule has 0 aromatic rings. The monoisotopic (exact) mass is 234 g/mol. The van der Waals surface area contributed by atoms with E-state index in [1.807, 2.05) is 0 Å². The van der Waals surface area contributed by atoms with Crippen molar-refractivity contribution in [1.29, 1.82) is 0 Å². The summed E-state index contributed by atoms with van der Waals surface area (Å²) in [4.78, 5) is 10.4. The molecule has 0 bridgehead atoms. The summed E-state index contributed by atoms with van der Waals surface area (Å²) < 4.78 is 38.1. The molecule has 66 valence electrons. The number of hydrogen-bond donors (Lipinski definition) is 0. The highest BCUT2D eigenvalue weighted by atomic mass is 79.9. The minimum absolute atomic E-state index is 0.0187. The highest BCUT2D eigenvalue weighted by Gasteiger charge is 2.27. The van der Waals surface area contributed by atoms with Gasteiger partial charge in [-0.25, -0.2) is 0 Å². The Hall–Kier alpha value is -0.100. The number of hydrogen-bond acceptors (Lipinski definition) is 2. The molecule has 0 amide bonds. The summed E-state index contributed by atoms with van der Waals surface area (Å²) in [5, 5.41) is 0.0187. The van der Waals surface area contributed by atoms with Gasteiger partial charge in [0, 0.05) is 0 Å². The van der Waals surface area contributed by atoms with E-state index in [1.54, 1.807) is 0 Å². The fourth-order valence-corrected chi connectivity index (χ4v) is 0.481. The van der Waals surface area contributed by atoms with Crippen molar-refractivity contribution in [3.63, 3.8) is 0 Å². The molecule has 0 radical (unpaired) electrons. The molecule has 0 aromatic carbocycles. The van der Waals surface area contributed by atoms with Gasteiger partial charge in [-0.15, -0.1) is 0 Å². The molecule has 0 spiro atoms. The lowest BCUT2D eigenvalue weighted by atomic mass is 10.5. The first-order valence-corrected chi connectivity index (χ1v) is 3.80. The molecule has 0 aliphatic heterocycles. The second kappa shape index (κ2) is 4.71. The summed E-state index contributed by atoms with van der Waals surface area (Å²) in [7, 11) is 0. The van der Waals surface area contributed by atoms with E-state index in [9.17, 15) is 18.0 Å². The number of alkyl halides is 4. The number of rotatable bonds is 4. The zero-order valence-corrected chi connectivity index (χ0v) is 7.04. The zero-order chi connectivity index (χ0) is 8.91. The Morgan fingerprint density at radius 3 is 2.36 bits per heavy atom. The van der Waals surface area contributed by atoms with Crippen LogP contribution >= 0.6 is 15.9 Å². The minimum Gasteiger partial charge on any atom is -0.364 e. The van der Waals surface area contributed by atoms with Gasteiger partial charge in [0.25, 0.3) is 0 Å². The smallest absolute Gasteiger partial charge is 0.364 e. The quantitative estimate of drug-likeness (QED) is 0.690. The Labute approximate surface area is 69.8 Å². The molecule has 0 saturated carbocycles. The fraction of sp³-hybridized carbons (Fsp3) is 0.800. The molecule has 0 atom stereocenters. The van der Waals surface area contributed by atoms with Crippen LogP contribution in [-0.4, -0.2) is 30.5 Å². The standard InChI is InChI=1S/C5H6BrF3O2/c6-1-4(10)2-11-3-5(7,8)9/h1-3H2. The Kier molecular flexibility index (Phi) is 4.67. The van der Waals surface area contributed by atoms with Gasteiger partial charge in [0.1, 0.15) is 13.2 Å². The normalized spacial score (nSPS) is 11.6. The number of halogens is 4. The molecule has 2 nitrogen and oxygen atoms in total. The van der Waals surface area contributed by atoms with Crippen molar-refractivity contribution in [2.24, 2.45) is 0 Å². The van der Waals surface area contributed by atoms with Gasteiger partial charge in [0.2, 0.25) is 0 Å². The van der Waals surface area contributed by atoms with E-state index < -0.39 is 25.2 Å². The SMILES string of the molecule is O=C(CBr)COCC(F)(F)F. The Balaban J connectivity index is 3.35. The third-order valence-electron chi connectivity index (χ3n) is 0.678. The first-order valence-electron chi connectivity index (χ1n) is 2.68. The molecule has 6 heteroatoms. The Morgan fingerprint density at radius 1 is 1.45 bits per heavy atom. The molecule has 0 aromatic heterocycles. The number of ether oxygens (including phenoxy) is 1. The lowest BCUT2D eigenvalue weighted by Crippen LogP contribution is -2.20. The third kappa shape index (κ3) is 7.80. The Bertz CT molecular complexity index is 134. The largest absolute Gasteiger partial charge is 0.411 e. The number of carbonyl (C=O) groups excluding carboxylic acids is 1. The van der Waals surface area contributed by atoms with Crippen LogP contribution in [0.5, 0.6) is 0 Å². The van der Waals surface area contributed by atoms with Gasteiger partial charge in [0.15, 0.2) is 5.78 Å². The van der Waals surface area contributed by atoms with Crippen LogP contribution < -0.4 is 0 Å². The first-order chi connectivity index (χ1) is 4.95. The maximum absolute atomic E-state index is 11.4.